The second-order valence-corrected chi connectivity index (χ2v) is 7.85. The van der Waals surface area contributed by atoms with Gasteiger partial charge < -0.3 is 10.1 Å². The number of halogens is 2. The molecule has 0 saturated carbocycles. The summed E-state index contributed by atoms with van der Waals surface area (Å²) >= 11 is 3.53. The number of nitrogens with one attached hydrogen (secondary N) is 1. The molecule has 0 unspecified atom stereocenters. The van der Waals surface area contributed by atoms with E-state index >= 15 is 0 Å². The van der Waals surface area contributed by atoms with E-state index in [1.807, 2.05) is 30.3 Å². The van der Waals surface area contributed by atoms with Gasteiger partial charge in [-0.3, -0.25) is 0 Å². The van der Waals surface area contributed by atoms with Gasteiger partial charge in [0.05, 0.1) is 0 Å². The van der Waals surface area contributed by atoms with Crippen LogP contribution in [0.25, 0.3) is 0 Å². The van der Waals surface area contributed by atoms with Crippen molar-refractivity contribution in [3.63, 3.8) is 0 Å². The molecule has 1 atom stereocenters. The Kier molecular flexibility index (Phi) is 7.63. The van der Waals surface area contributed by atoms with E-state index in [1.165, 1.54) is 11.6 Å². The molecule has 0 heterocycles. The van der Waals surface area contributed by atoms with Crippen molar-refractivity contribution in [2.75, 3.05) is 0 Å². The maximum atomic E-state index is 13.8. The maximum Gasteiger partial charge on any atom is 0.129 e. The fourth-order valence-corrected chi connectivity index (χ4v) is 3.42. The van der Waals surface area contributed by atoms with Crippen molar-refractivity contribution in [2.24, 2.45) is 0 Å². The number of benzene rings is 3. The normalized spacial score (nSPS) is 12.0. The highest BCUT2D eigenvalue weighted by Gasteiger charge is 2.09. The Morgan fingerprint density at radius 1 is 0.964 bits per heavy atom. The number of aryl methyl sites for hydroxylation is 1. The highest BCUT2D eigenvalue weighted by atomic mass is 79.9. The molecule has 0 aliphatic heterocycles. The van der Waals surface area contributed by atoms with Gasteiger partial charge in [0.1, 0.15) is 18.2 Å². The molecule has 28 heavy (non-hydrogen) atoms. The third-order valence-electron chi connectivity index (χ3n) is 4.71. The van der Waals surface area contributed by atoms with Crippen LogP contribution in [0.4, 0.5) is 4.39 Å². The number of ether oxygens (including phenoxy) is 1. The van der Waals surface area contributed by atoms with E-state index in [0.29, 0.717) is 18.2 Å². The molecule has 0 aromatic heterocycles. The highest BCUT2D eigenvalue weighted by Crippen LogP contribution is 2.25. The topological polar surface area (TPSA) is 21.3 Å². The Bertz CT molecular complexity index is 885. The molecule has 1 N–H and O–H groups in total. The fourth-order valence-electron chi connectivity index (χ4n) is 3.01. The quantitative estimate of drug-likeness (QED) is 0.421. The zero-order valence-electron chi connectivity index (χ0n) is 16.0. The van der Waals surface area contributed by atoms with E-state index in [-0.39, 0.29) is 12.4 Å². The van der Waals surface area contributed by atoms with Crippen LogP contribution in [-0.2, 0) is 19.6 Å². The molecule has 0 bridgehead atoms. The first-order valence-corrected chi connectivity index (χ1v) is 10.3. The summed E-state index contributed by atoms with van der Waals surface area (Å²) in [5.41, 5.74) is 2.96. The minimum atomic E-state index is -0.242. The monoisotopic (exact) mass is 441 g/mol. The van der Waals surface area contributed by atoms with Crippen LogP contribution in [0.2, 0.25) is 0 Å². The minimum Gasteiger partial charge on any atom is -0.488 e. The Labute approximate surface area is 174 Å². The summed E-state index contributed by atoms with van der Waals surface area (Å²) in [4.78, 5) is 0. The van der Waals surface area contributed by atoms with Crippen LogP contribution in [-0.4, -0.2) is 6.04 Å². The lowest BCUT2D eigenvalue weighted by molar-refractivity contribution is 0.295. The molecule has 0 amide bonds. The van der Waals surface area contributed by atoms with Crippen LogP contribution in [0.5, 0.6) is 5.75 Å². The molecule has 4 heteroatoms. The molecule has 0 fully saturated rings. The van der Waals surface area contributed by atoms with Gasteiger partial charge in [0.15, 0.2) is 0 Å². The largest absolute Gasteiger partial charge is 0.488 e. The molecule has 3 aromatic rings. The Hall–Kier alpha value is -2.17. The molecule has 0 aliphatic rings. The SMILES string of the molecule is C[C@H](CCc1ccccc1)NCc1cc(Br)ccc1OCc1ccccc1F. The van der Waals surface area contributed by atoms with E-state index in [1.54, 1.807) is 12.1 Å². The first kappa shape index (κ1) is 20.6. The highest BCUT2D eigenvalue weighted by molar-refractivity contribution is 9.10. The fraction of sp³-hybridized carbons (Fsp3) is 0.250. The summed E-state index contributed by atoms with van der Waals surface area (Å²) in [6.45, 7) is 3.10. The lowest BCUT2D eigenvalue weighted by atomic mass is 10.1. The summed E-state index contributed by atoms with van der Waals surface area (Å²) in [6, 6.07) is 23.5. The second kappa shape index (κ2) is 10.4. The smallest absolute Gasteiger partial charge is 0.129 e. The summed E-state index contributed by atoms with van der Waals surface area (Å²) in [7, 11) is 0. The summed E-state index contributed by atoms with van der Waals surface area (Å²) < 4.78 is 20.8. The molecule has 146 valence electrons. The van der Waals surface area contributed by atoms with Gasteiger partial charge in [0.2, 0.25) is 0 Å². The average molecular weight is 442 g/mol. The van der Waals surface area contributed by atoms with Crippen LogP contribution < -0.4 is 10.1 Å². The minimum absolute atomic E-state index is 0.213. The molecule has 0 saturated heterocycles. The standard InChI is InChI=1S/C24H25BrFNO/c1-18(11-12-19-7-3-2-4-8-19)27-16-21-15-22(25)13-14-24(21)28-17-20-9-5-6-10-23(20)26/h2-10,13-15,18,27H,11-12,16-17H2,1H3/t18-/m1/s1. The van der Waals surface area contributed by atoms with Gasteiger partial charge >= 0.3 is 0 Å². The molecular formula is C24H25BrFNO. The second-order valence-electron chi connectivity index (χ2n) is 6.94. The molecule has 2 nitrogen and oxygen atoms in total. The first-order valence-electron chi connectivity index (χ1n) is 9.54. The van der Waals surface area contributed by atoms with Crippen molar-refractivity contribution in [1.29, 1.82) is 0 Å². The third kappa shape index (κ3) is 6.18. The predicted molar refractivity (Wildman–Crippen MR) is 116 cm³/mol. The zero-order chi connectivity index (χ0) is 19.8. The van der Waals surface area contributed by atoms with Crippen molar-refractivity contribution in [1.82, 2.24) is 5.32 Å². The first-order chi connectivity index (χ1) is 13.6. The summed E-state index contributed by atoms with van der Waals surface area (Å²) in [5.74, 6) is 0.531. The van der Waals surface area contributed by atoms with Crippen LogP contribution in [0.3, 0.4) is 0 Å². The molecule has 3 rings (SSSR count). The van der Waals surface area contributed by atoms with Crippen molar-refractivity contribution in [3.05, 3.63) is 99.8 Å². The van der Waals surface area contributed by atoms with Gasteiger partial charge in [-0.05, 0) is 49.6 Å². The number of hydrogen-bond acceptors (Lipinski definition) is 2. The van der Waals surface area contributed by atoms with E-state index in [4.69, 9.17) is 4.74 Å². The molecule has 3 aromatic carbocycles. The summed E-state index contributed by atoms with van der Waals surface area (Å²) in [6.07, 6.45) is 2.10. The van der Waals surface area contributed by atoms with Gasteiger partial charge in [0, 0.05) is 28.2 Å². The molecular weight excluding hydrogens is 417 g/mol. The number of hydrogen-bond donors (Lipinski definition) is 1. The van der Waals surface area contributed by atoms with E-state index < -0.39 is 0 Å². The van der Waals surface area contributed by atoms with E-state index in [2.05, 4.69) is 52.4 Å². The number of rotatable bonds is 9. The molecule has 0 radical (unpaired) electrons. The molecule has 0 spiro atoms. The lowest BCUT2D eigenvalue weighted by Crippen LogP contribution is -2.26. The lowest BCUT2D eigenvalue weighted by Gasteiger charge is -2.17. The van der Waals surface area contributed by atoms with Gasteiger partial charge in [-0.2, -0.15) is 0 Å². The van der Waals surface area contributed by atoms with Crippen molar-refractivity contribution in [2.45, 2.75) is 39.0 Å². The van der Waals surface area contributed by atoms with Crippen molar-refractivity contribution in [3.8, 4) is 5.75 Å². The maximum absolute atomic E-state index is 13.8. The van der Waals surface area contributed by atoms with Crippen LogP contribution in [0, 0.1) is 5.82 Å². The van der Waals surface area contributed by atoms with Crippen molar-refractivity contribution < 1.29 is 9.13 Å². The Balaban J connectivity index is 1.57. The van der Waals surface area contributed by atoms with E-state index in [0.717, 1.165) is 28.6 Å². The van der Waals surface area contributed by atoms with Crippen LogP contribution >= 0.6 is 15.9 Å². The van der Waals surface area contributed by atoms with Gasteiger partial charge in [-0.1, -0.05) is 64.5 Å². The van der Waals surface area contributed by atoms with Crippen molar-refractivity contribution >= 4 is 15.9 Å². The van der Waals surface area contributed by atoms with Crippen LogP contribution in [0.15, 0.2) is 77.3 Å². The zero-order valence-corrected chi connectivity index (χ0v) is 17.6. The Morgan fingerprint density at radius 3 is 2.50 bits per heavy atom. The molecule has 0 aliphatic carbocycles. The van der Waals surface area contributed by atoms with E-state index in [9.17, 15) is 4.39 Å². The van der Waals surface area contributed by atoms with Gasteiger partial charge in [-0.25, -0.2) is 4.39 Å². The predicted octanol–water partition coefficient (Wildman–Crippen LogP) is 6.28. The van der Waals surface area contributed by atoms with Gasteiger partial charge in [-0.15, -0.1) is 0 Å². The van der Waals surface area contributed by atoms with Crippen LogP contribution in [0.1, 0.15) is 30.0 Å². The average Bonchev–Trinajstić information content (AvgIpc) is 2.72. The Morgan fingerprint density at radius 2 is 1.71 bits per heavy atom. The van der Waals surface area contributed by atoms with Gasteiger partial charge in [0.25, 0.3) is 0 Å². The summed E-state index contributed by atoms with van der Waals surface area (Å²) in [5, 5.41) is 3.57. The third-order valence-corrected chi connectivity index (χ3v) is 5.21.